The number of anilines is 1. The van der Waals surface area contributed by atoms with E-state index in [-0.39, 0.29) is 37.1 Å². The number of halogens is 2. The van der Waals surface area contributed by atoms with Crippen molar-refractivity contribution >= 4 is 29.2 Å². The van der Waals surface area contributed by atoms with E-state index in [9.17, 15) is 14.0 Å². The van der Waals surface area contributed by atoms with Crippen molar-refractivity contribution in [2.24, 2.45) is 7.05 Å². The van der Waals surface area contributed by atoms with Crippen LogP contribution in [0.4, 0.5) is 10.2 Å². The minimum absolute atomic E-state index is 0.149. The van der Waals surface area contributed by atoms with Crippen LogP contribution in [-0.4, -0.2) is 34.2 Å². The molecule has 7 nitrogen and oxygen atoms in total. The van der Waals surface area contributed by atoms with Gasteiger partial charge in [0.1, 0.15) is 24.7 Å². The first-order valence-electron chi connectivity index (χ1n) is 10.7. The van der Waals surface area contributed by atoms with E-state index in [1.54, 1.807) is 48.1 Å². The van der Waals surface area contributed by atoms with Gasteiger partial charge in [-0.2, -0.15) is 5.10 Å². The molecule has 2 amide bonds. The molecule has 0 atom stereocenters. The number of aryl methyl sites for hydroxylation is 1. The zero-order valence-electron chi connectivity index (χ0n) is 18.0. The second kappa shape index (κ2) is 8.51. The van der Waals surface area contributed by atoms with Gasteiger partial charge in [0.2, 0.25) is 11.8 Å². The summed E-state index contributed by atoms with van der Waals surface area (Å²) in [4.78, 5) is 27.3. The lowest BCUT2D eigenvalue weighted by molar-refractivity contribution is -0.123. The van der Waals surface area contributed by atoms with Crippen LogP contribution in [0, 0.1) is 5.82 Å². The molecule has 33 heavy (non-hydrogen) atoms. The number of carbonyl (C=O) groups excluding carboxylic acids is 2. The summed E-state index contributed by atoms with van der Waals surface area (Å²) >= 11 is 6.21. The summed E-state index contributed by atoms with van der Waals surface area (Å²) in [5, 5.41) is 8.03. The Morgan fingerprint density at radius 3 is 2.82 bits per heavy atom. The fourth-order valence-corrected chi connectivity index (χ4v) is 4.20. The summed E-state index contributed by atoms with van der Waals surface area (Å²) in [6, 6.07) is 11.6. The van der Waals surface area contributed by atoms with Crippen molar-refractivity contribution in [2.45, 2.75) is 31.9 Å². The predicted octanol–water partition coefficient (Wildman–Crippen LogP) is 3.63. The summed E-state index contributed by atoms with van der Waals surface area (Å²) in [5.41, 5.74) is 2.45. The number of aromatic nitrogens is 2. The van der Waals surface area contributed by atoms with E-state index in [0.717, 1.165) is 24.1 Å². The molecule has 2 aromatic carbocycles. The van der Waals surface area contributed by atoms with Gasteiger partial charge >= 0.3 is 0 Å². The molecule has 0 bridgehead atoms. The minimum Gasteiger partial charge on any atom is -0.488 e. The van der Waals surface area contributed by atoms with Crippen LogP contribution in [0.3, 0.4) is 0 Å². The lowest BCUT2D eigenvalue weighted by Gasteiger charge is -2.24. The third kappa shape index (κ3) is 4.30. The van der Waals surface area contributed by atoms with Crippen LogP contribution in [0.25, 0.3) is 11.3 Å². The Morgan fingerprint density at radius 1 is 1.27 bits per heavy atom. The van der Waals surface area contributed by atoms with Gasteiger partial charge in [-0.1, -0.05) is 29.8 Å². The summed E-state index contributed by atoms with van der Waals surface area (Å²) in [6.07, 6.45) is 1.66. The summed E-state index contributed by atoms with van der Waals surface area (Å²) in [5.74, 6) is -0.187. The molecule has 0 spiro atoms. The maximum absolute atomic E-state index is 14.2. The normalized spacial score (nSPS) is 14.2. The van der Waals surface area contributed by atoms with Crippen LogP contribution in [-0.2, 0) is 29.7 Å². The van der Waals surface area contributed by atoms with Gasteiger partial charge in [-0.3, -0.25) is 19.2 Å². The number of carbonyl (C=O) groups is 2. The topological polar surface area (TPSA) is 76.5 Å². The maximum atomic E-state index is 14.2. The fraction of sp³-hybridized carbons (Fsp3) is 0.292. The van der Waals surface area contributed by atoms with Gasteiger partial charge in [0, 0.05) is 23.7 Å². The zero-order valence-corrected chi connectivity index (χ0v) is 18.7. The number of fused-ring (bicyclic) bond motifs is 3. The quantitative estimate of drug-likeness (QED) is 0.599. The maximum Gasteiger partial charge on any atom is 0.240 e. The number of benzene rings is 2. The van der Waals surface area contributed by atoms with E-state index in [0.29, 0.717) is 22.2 Å². The molecule has 2 aliphatic rings. The highest BCUT2D eigenvalue weighted by Gasteiger charge is 2.33. The van der Waals surface area contributed by atoms with E-state index in [4.69, 9.17) is 16.3 Å². The van der Waals surface area contributed by atoms with Crippen molar-refractivity contribution in [1.82, 2.24) is 15.1 Å². The lowest BCUT2D eigenvalue weighted by atomic mass is 10.0. The molecular weight excluding hydrogens is 447 g/mol. The molecule has 1 saturated carbocycles. The van der Waals surface area contributed by atoms with Crippen LogP contribution in [0.5, 0.6) is 5.75 Å². The van der Waals surface area contributed by atoms with E-state index >= 15 is 0 Å². The zero-order chi connectivity index (χ0) is 23.1. The Labute approximate surface area is 195 Å². The molecule has 0 radical (unpaired) electrons. The molecule has 0 unspecified atom stereocenters. The van der Waals surface area contributed by atoms with Gasteiger partial charge in [0.05, 0.1) is 17.7 Å². The van der Waals surface area contributed by atoms with Crippen LogP contribution in [0.1, 0.15) is 24.0 Å². The number of nitrogens with one attached hydrogen (secondary N) is 1. The molecule has 1 fully saturated rings. The van der Waals surface area contributed by atoms with Crippen molar-refractivity contribution in [1.29, 1.82) is 0 Å². The summed E-state index contributed by atoms with van der Waals surface area (Å²) in [6.45, 7) is -0.0312. The highest BCUT2D eigenvalue weighted by atomic mass is 35.5. The van der Waals surface area contributed by atoms with E-state index < -0.39 is 11.7 Å². The molecular formula is C24H22ClFN4O3. The van der Waals surface area contributed by atoms with E-state index in [1.807, 2.05) is 0 Å². The number of hydrogen-bond donors (Lipinski definition) is 1. The Morgan fingerprint density at radius 2 is 2.06 bits per heavy atom. The third-order valence-electron chi connectivity index (χ3n) is 5.79. The Kier molecular flexibility index (Phi) is 5.54. The second-order valence-corrected chi connectivity index (χ2v) is 8.73. The molecule has 9 heteroatoms. The van der Waals surface area contributed by atoms with Gasteiger partial charge in [-0.05, 0) is 42.7 Å². The van der Waals surface area contributed by atoms with Crippen molar-refractivity contribution < 1.29 is 18.7 Å². The van der Waals surface area contributed by atoms with Crippen molar-refractivity contribution in [3.05, 3.63) is 64.4 Å². The second-order valence-electron chi connectivity index (χ2n) is 8.29. The van der Waals surface area contributed by atoms with Gasteiger partial charge in [0.15, 0.2) is 5.82 Å². The molecule has 2 heterocycles. The highest BCUT2D eigenvalue weighted by Crippen LogP contribution is 2.42. The number of rotatable bonds is 6. The molecule has 1 aromatic heterocycles. The fourth-order valence-electron chi connectivity index (χ4n) is 4.03. The van der Waals surface area contributed by atoms with Crippen LogP contribution >= 0.6 is 11.6 Å². The average Bonchev–Trinajstić information content (AvgIpc) is 3.54. The Bertz CT molecular complexity index is 1250. The van der Waals surface area contributed by atoms with Gasteiger partial charge in [0.25, 0.3) is 0 Å². The third-order valence-corrected chi connectivity index (χ3v) is 6.03. The highest BCUT2D eigenvalue weighted by molar-refractivity contribution is 6.31. The first kappa shape index (κ1) is 21.5. The number of hydrogen-bond acceptors (Lipinski definition) is 4. The number of ether oxygens (including phenoxy) is 1. The van der Waals surface area contributed by atoms with Gasteiger partial charge < -0.3 is 10.1 Å². The van der Waals surface area contributed by atoms with Gasteiger partial charge in [-0.15, -0.1) is 0 Å². The molecule has 1 aliphatic heterocycles. The molecule has 170 valence electrons. The standard InChI is InChI=1S/C24H22ClFN4O3/c1-29-23-17-11-15(25)6-9-20(17)33-13-18(23)24(28-29)30(12-21(31)27-16-7-8-16)22(32)10-14-4-2-3-5-19(14)26/h2-6,9,11,16H,7-8,10,12-13H2,1H3,(H,27,31). The van der Waals surface area contributed by atoms with Gasteiger partial charge in [-0.25, -0.2) is 4.39 Å². The van der Waals surface area contributed by atoms with E-state index in [1.165, 1.54) is 11.0 Å². The monoisotopic (exact) mass is 468 g/mol. The van der Waals surface area contributed by atoms with E-state index in [2.05, 4.69) is 10.4 Å². The first-order chi connectivity index (χ1) is 15.9. The summed E-state index contributed by atoms with van der Waals surface area (Å²) < 4.78 is 21.8. The first-order valence-corrected chi connectivity index (χ1v) is 11.1. The molecule has 1 aliphatic carbocycles. The van der Waals surface area contributed by atoms with Crippen LogP contribution < -0.4 is 15.0 Å². The average molecular weight is 469 g/mol. The minimum atomic E-state index is -0.469. The van der Waals surface area contributed by atoms with Crippen molar-refractivity contribution in [3.63, 3.8) is 0 Å². The Balaban J connectivity index is 1.53. The number of amides is 2. The van der Waals surface area contributed by atoms with Crippen molar-refractivity contribution in [3.8, 4) is 17.0 Å². The SMILES string of the molecule is Cn1nc(N(CC(=O)NC2CC2)C(=O)Cc2ccccc2F)c2c1-c1cc(Cl)ccc1OC2. The summed E-state index contributed by atoms with van der Waals surface area (Å²) in [7, 11) is 1.77. The van der Waals surface area contributed by atoms with Crippen LogP contribution in [0.2, 0.25) is 5.02 Å². The number of nitrogens with zero attached hydrogens (tertiary/aromatic N) is 3. The lowest BCUT2D eigenvalue weighted by Crippen LogP contribution is -2.43. The molecule has 5 rings (SSSR count). The van der Waals surface area contributed by atoms with Crippen molar-refractivity contribution in [2.75, 3.05) is 11.4 Å². The molecule has 3 aromatic rings. The predicted molar refractivity (Wildman–Crippen MR) is 122 cm³/mol. The van der Waals surface area contributed by atoms with Crippen LogP contribution in [0.15, 0.2) is 42.5 Å². The molecule has 1 N–H and O–H groups in total. The largest absolute Gasteiger partial charge is 0.488 e. The smallest absolute Gasteiger partial charge is 0.240 e. The molecule has 0 saturated heterocycles. The Hall–Kier alpha value is -3.39.